The molecular weight excluding hydrogens is 511 g/mol. The number of aromatic nitrogens is 1. The molecule has 1 unspecified atom stereocenters. The predicted octanol–water partition coefficient (Wildman–Crippen LogP) is 3.26. The van der Waals surface area contributed by atoms with E-state index in [1.54, 1.807) is 20.4 Å². The van der Waals surface area contributed by atoms with Crippen LogP contribution in [0.2, 0.25) is 0 Å². The van der Waals surface area contributed by atoms with Crippen LogP contribution in [0.4, 0.5) is 0 Å². The van der Waals surface area contributed by atoms with Crippen molar-refractivity contribution in [1.82, 2.24) is 15.6 Å². The Hall–Kier alpha value is -2.27. The highest BCUT2D eigenvalue weighted by Crippen LogP contribution is 2.20. The average Bonchev–Trinajstić information content (AvgIpc) is 2.76. The second-order valence-corrected chi connectivity index (χ2v) is 6.49. The van der Waals surface area contributed by atoms with Crippen molar-refractivity contribution in [2.75, 3.05) is 40.5 Å². The predicted molar refractivity (Wildman–Crippen MR) is 133 cm³/mol. The summed E-state index contributed by atoms with van der Waals surface area (Å²) in [5, 5.41) is 6.56. The lowest BCUT2D eigenvalue weighted by molar-refractivity contribution is 0.143. The molecule has 0 aliphatic carbocycles. The van der Waals surface area contributed by atoms with E-state index in [9.17, 15) is 0 Å². The minimum atomic E-state index is -0.0627. The lowest BCUT2D eigenvalue weighted by atomic mass is 10.3. The summed E-state index contributed by atoms with van der Waals surface area (Å²) in [6.07, 6.45) is 1.64. The maximum absolute atomic E-state index is 5.96. The molecule has 9 heteroatoms. The number of halogens is 1. The maximum Gasteiger partial charge on any atom is 0.218 e. The van der Waals surface area contributed by atoms with Crippen LogP contribution in [0, 0.1) is 0 Å². The molecule has 0 amide bonds. The molecule has 2 N–H and O–H groups in total. The van der Waals surface area contributed by atoms with Gasteiger partial charge in [-0.3, -0.25) is 0 Å². The van der Waals surface area contributed by atoms with Crippen molar-refractivity contribution in [3.05, 3.63) is 48.2 Å². The lowest BCUT2D eigenvalue weighted by Crippen LogP contribution is -2.41. The lowest BCUT2D eigenvalue weighted by Gasteiger charge is -2.18. The fraction of sp³-hybridized carbons (Fsp3) is 0.455. The Labute approximate surface area is 201 Å². The molecule has 0 aliphatic heterocycles. The molecule has 0 fully saturated rings. The van der Waals surface area contributed by atoms with Crippen molar-refractivity contribution in [3.8, 4) is 17.4 Å². The van der Waals surface area contributed by atoms with Crippen LogP contribution in [-0.4, -0.2) is 57.6 Å². The number of rotatable bonds is 12. The normalized spacial score (nSPS) is 11.8. The monoisotopic (exact) mass is 544 g/mol. The van der Waals surface area contributed by atoms with Crippen LogP contribution in [0.15, 0.2) is 47.6 Å². The van der Waals surface area contributed by atoms with Gasteiger partial charge < -0.3 is 29.6 Å². The number of pyridine rings is 1. The summed E-state index contributed by atoms with van der Waals surface area (Å²) in [7, 11) is 3.28. The molecule has 0 saturated heterocycles. The topological polar surface area (TPSA) is 86.2 Å². The summed E-state index contributed by atoms with van der Waals surface area (Å²) >= 11 is 0. The fourth-order valence-corrected chi connectivity index (χ4v) is 2.59. The zero-order chi connectivity index (χ0) is 21.6. The molecule has 0 spiro atoms. The number of benzene rings is 1. The zero-order valence-electron chi connectivity index (χ0n) is 18.6. The van der Waals surface area contributed by atoms with Crippen LogP contribution >= 0.6 is 24.0 Å². The third-order valence-electron chi connectivity index (χ3n) is 4.06. The van der Waals surface area contributed by atoms with Crippen LogP contribution in [0.25, 0.3) is 0 Å². The second kappa shape index (κ2) is 15.5. The Morgan fingerprint density at radius 3 is 2.65 bits per heavy atom. The first-order chi connectivity index (χ1) is 14.7. The Morgan fingerprint density at radius 1 is 1.10 bits per heavy atom. The van der Waals surface area contributed by atoms with Crippen LogP contribution < -0.4 is 24.8 Å². The number of aliphatic imine (C=N–C) groups is 1. The number of ether oxygens (including phenoxy) is 4. The molecule has 1 aromatic carbocycles. The van der Waals surface area contributed by atoms with E-state index >= 15 is 0 Å². The molecule has 0 bridgehead atoms. The molecule has 1 atom stereocenters. The van der Waals surface area contributed by atoms with Crippen molar-refractivity contribution in [2.24, 2.45) is 4.99 Å². The van der Waals surface area contributed by atoms with Crippen molar-refractivity contribution >= 4 is 29.9 Å². The zero-order valence-corrected chi connectivity index (χ0v) is 20.9. The molecule has 31 heavy (non-hydrogen) atoms. The molecule has 2 aromatic rings. The number of methoxy groups -OCH3 is 2. The molecule has 1 heterocycles. The average molecular weight is 544 g/mol. The molecular formula is C22H33IN4O4. The molecule has 0 radical (unpaired) electrons. The highest BCUT2D eigenvalue weighted by molar-refractivity contribution is 14.0. The van der Waals surface area contributed by atoms with E-state index in [0.29, 0.717) is 38.1 Å². The van der Waals surface area contributed by atoms with Gasteiger partial charge in [0.05, 0.1) is 26.8 Å². The minimum Gasteiger partial charge on any atom is -0.497 e. The van der Waals surface area contributed by atoms with E-state index in [1.165, 1.54) is 0 Å². The molecule has 8 nitrogen and oxygen atoms in total. The number of hydrogen-bond acceptors (Lipinski definition) is 6. The van der Waals surface area contributed by atoms with E-state index < -0.39 is 0 Å². The smallest absolute Gasteiger partial charge is 0.218 e. The molecule has 2 rings (SSSR count). The second-order valence-electron chi connectivity index (χ2n) is 6.49. The quantitative estimate of drug-likeness (QED) is 0.184. The van der Waals surface area contributed by atoms with Gasteiger partial charge in [0.2, 0.25) is 5.88 Å². The van der Waals surface area contributed by atoms with Gasteiger partial charge in [-0.25, -0.2) is 9.98 Å². The molecule has 172 valence electrons. The number of guanidine groups is 1. The van der Waals surface area contributed by atoms with Gasteiger partial charge in [0, 0.05) is 31.5 Å². The Balaban J connectivity index is 0.00000480. The van der Waals surface area contributed by atoms with Crippen LogP contribution in [0.1, 0.15) is 19.4 Å². The van der Waals surface area contributed by atoms with E-state index in [2.05, 4.69) is 20.6 Å². The Kier molecular flexibility index (Phi) is 13.4. The van der Waals surface area contributed by atoms with Gasteiger partial charge in [0.25, 0.3) is 0 Å². The van der Waals surface area contributed by atoms with E-state index in [4.69, 9.17) is 18.9 Å². The summed E-state index contributed by atoms with van der Waals surface area (Å²) in [6.45, 7) is 6.76. The van der Waals surface area contributed by atoms with Crippen LogP contribution in [-0.2, 0) is 11.3 Å². The highest BCUT2D eigenvalue weighted by Gasteiger charge is 2.08. The van der Waals surface area contributed by atoms with Gasteiger partial charge in [-0.1, -0.05) is 12.1 Å². The van der Waals surface area contributed by atoms with Crippen molar-refractivity contribution in [3.63, 3.8) is 0 Å². The van der Waals surface area contributed by atoms with Crippen molar-refractivity contribution < 1.29 is 18.9 Å². The van der Waals surface area contributed by atoms with Crippen LogP contribution in [0.5, 0.6) is 17.4 Å². The van der Waals surface area contributed by atoms with E-state index in [-0.39, 0.29) is 30.1 Å². The first-order valence-electron chi connectivity index (χ1n) is 10.0. The first-order valence-corrected chi connectivity index (χ1v) is 10.0. The Morgan fingerprint density at radius 2 is 1.90 bits per heavy atom. The van der Waals surface area contributed by atoms with Gasteiger partial charge in [-0.05, 0) is 32.0 Å². The maximum atomic E-state index is 5.96. The van der Waals surface area contributed by atoms with Gasteiger partial charge in [-0.15, -0.1) is 24.0 Å². The SMILES string of the molecule is CCNC(=NCc1cccnc1OCCOC)NCC(C)Oc1cccc(OC)c1.I. The summed E-state index contributed by atoms with van der Waals surface area (Å²) in [5.41, 5.74) is 0.909. The molecule has 1 aromatic heterocycles. The van der Waals surface area contributed by atoms with Crippen molar-refractivity contribution in [1.29, 1.82) is 0 Å². The summed E-state index contributed by atoms with van der Waals surface area (Å²) in [4.78, 5) is 8.94. The largest absolute Gasteiger partial charge is 0.497 e. The van der Waals surface area contributed by atoms with Crippen molar-refractivity contribution in [2.45, 2.75) is 26.5 Å². The Bertz CT molecular complexity index is 792. The first kappa shape index (κ1) is 26.8. The third kappa shape index (κ3) is 10.1. The number of nitrogens with one attached hydrogen (secondary N) is 2. The summed E-state index contributed by atoms with van der Waals surface area (Å²) in [6, 6.07) is 11.4. The van der Waals surface area contributed by atoms with Gasteiger partial charge in [-0.2, -0.15) is 0 Å². The van der Waals surface area contributed by atoms with Gasteiger partial charge in [0.1, 0.15) is 24.2 Å². The third-order valence-corrected chi connectivity index (χ3v) is 4.06. The van der Waals surface area contributed by atoms with Gasteiger partial charge >= 0.3 is 0 Å². The molecule has 0 saturated carbocycles. The fourth-order valence-electron chi connectivity index (χ4n) is 2.59. The number of nitrogens with zero attached hydrogens (tertiary/aromatic N) is 2. The summed E-state index contributed by atoms with van der Waals surface area (Å²) in [5.74, 6) is 2.80. The van der Waals surface area contributed by atoms with E-state index in [0.717, 1.165) is 23.6 Å². The van der Waals surface area contributed by atoms with Crippen LogP contribution in [0.3, 0.4) is 0 Å². The molecule has 0 aliphatic rings. The highest BCUT2D eigenvalue weighted by atomic mass is 127. The summed E-state index contributed by atoms with van der Waals surface area (Å²) < 4.78 is 21.9. The van der Waals surface area contributed by atoms with Gasteiger partial charge in [0.15, 0.2) is 5.96 Å². The minimum absolute atomic E-state index is 0. The standard InChI is InChI=1S/C22H32N4O4.HI/c1-5-23-22(25-15-17(2)30-20-10-6-9-19(14-20)28-4)26-16-18-8-7-11-24-21(18)29-13-12-27-3;/h6-11,14,17H,5,12-13,15-16H2,1-4H3,(H2,23,25,26);1H. The number of hydrogen-bond donors (Lipinski definition) is 2. The van der Waals surface area contributed by atoms with E-state index in [1.807, 2.05) is 50.2 Å².